The number of methoxy groups -OCH3 is 1. The van der Waals surface area contributed by atoms with Crippen LogP contribution in [0.15, 0.2) is 71.6 Å². The van der Waals surface area contributed by atoms with Crippen LogP contribution in [0.5, 0.6) is 11.5 Å². The maximum atomic E-state index is 12.9. The van der Waals surface area contributed by atoms with E-state index in [2.05, 4.69) is 0 Å². The molecule has 0 aromatic heterocycles. The zero-order valence-electron chi connectivity index (χ0n) is 19.4. The van der Waals surface area contributed by atoms with Crippen molar-refractivity contribution in [2.45, 2.75) is 13.2 Å². The molecule has 1 aliphatic heterocycles. The molecule has 0 aliphatic carbocycles. The van der Waals surface area contributed by atoms with Gasteiger partial charge in [0.1, 0.15) is 6.61 Å². The summed E-state index contributed by atoms with van der Waals surface area (Å²) in [6.07, 6.45) is 1.56. The number of nitrogens with zero attached hydrogens (tertiary/aromatic N) is 3. The molecule has 1 aliphatic rings. The van der Waals surface area contributed by atoms with E-state index in [1.54, 1.807) is 36.4 Å². The molecule has 0 atom stereocenters. The number of ether oxygens (including phenoxy) is 2. The summed E-state index contributed by atoms with van der Waals surface area (Å²) in [6, 6.07) is 16.7. The van der Waals surface area contributed by atoms with E-state index in [4.69, 9.17) is 9.47 Å². The first-order valence-corrected chi connectivity index (χ1v) is 11.6. The van der Waals surface area contributed by atoms with Gasteiger partial charge in [0.15, 0.2) is 11.5 Å². The van der Waals surface area contributed by atoms with Crippen molar-refractivity contribution in [2.75, 3.05) is 7.11 Å². The van der Waals surface area contributed by atoms with E-state index >= 15 is 0 Å². The molecule has 1 saturated heterocycles. The molecule has 1 fully saturated rings. The third-order valence-corrected chi connectivity index (χ3v) is 6.27. The van der Waals surface area contributed by atoms with Gasteiger partial charge in [-0.05, 0) is 46.7 Å². The standard InChI is InChI=1S/C25H19N3O8S/c1-35-22-12-17(7-10-21(22)36-15-18-3-2-4-20(11-18)28(33)34)13-23-24(29)26(25(30)37-23)14-16-5-8-19(9-6-16)27(31)32/h2-13H,14-15H2,1H3/b23-13+. The van der Waals surface area contributed by atoms with E-state index in [1.165, 1.54) is 43.5 Å². The van der Waals surface area contributed by atoms with Crippen molar-refractivity contribution in [3.8, 4) is 11.5 Å². The van der Waals surface area contributed by atoms with Gasteiger partial charge in [-0.15, -0.1) is 0 Å². The van der Waals surface area contributed by atoms with Crippen molar-refractivity contribution < 1.29 is 28.9 Å². The van der Waals surface area contributed by atoms with Crippen LogP contribution in [0.25, 0.3) is 6.08 Å². The number of thioether (sulfide) groups is 1. The molecule has 2 amide bonds. The lowest BCUT2D eigenvalue weighted by Gasteiger charge is -2.12. The minimum Gasteiger partial charge on any atom is -0.493 e. The van der Waals surface area contributed by atoms with Gasteiger partial charge in [-0.25, -0.2) is 0 Å². The van der Waals surface area contributed by atoms with Gasteiger partial charge >= 0.3 is 0 Å². The SMILES string of the molecule is COc1cc(/C=C2/SC(=O)N(Cc3ccc([N+](=O)[O-])cc3)C2=O)ccc1OCc1cccc([N+](=O)[O-])c1. The van der Waals surface area contributed by atoms with Gasteiger partial charge < -0.3 is 9.47 Å². The summed E-state index contributed by atoms with van der Waals surface area (Å²) in [7, 11) is 1.46. The van der Waals surface area contributed by atoms with E-state index in [-0.39, 0.29) is 29.4 Å². The Morgan fingerprint density at radius 3 is 2.30 bits per heavy atom. The first-order valence-electron chi connectivity index (χ1n) is 10.8. The Morgan fingerprint density at radius 1 is 0.892 bits per heavy atom. The predicted molar refractivity (Wildman–Crippen MR) is 135 cm³/mol. The van der Waals surface area contributed by atoms with Crippen LogP contribution in [0.3, 0.4) is 0 Å². The highest BCUT2D eigenvalue weighted by molar-refractivity contribution is 8.18. The van der Waals surface area contributed by atoms with Crippen LogP contribution in [0, 0.1) is 20.2 Å². The van der Waals surface area contributed by atoms with Crippen LogP contribution in [-0.2, 0) is 17.9 Å². The Morgan fingerprint density at radius 2 is 1.62 bits per heavy atom. The Bertz CT molecular complexity index is 1420. The highest BCUT2D eigenvalue weighted by atomic mass is 32.2. The summed E-state index contributed by atoms with van der Waals surface area (Å²) in [5.41, 5.74) is 1.68. The molecule has 0 saturated carbocycles. The second-order valence-electron chi connectivity index (χ2n) is 7.82. The number of carbonyl (C=O) groups is 2. The van der Waals surface area contributed by atoms with Crippen molar-refractivity contribution in [1.29, 1.82) is 0 Å². The predicted octanol–water partition coefficient (Wildman–Crippen LogP) is 5.33. The number of hydrogen-bond donors (Lipinski definition) is 0. The molecule has 0 N–H and O–H groups in total. The highest BCUT2D eigenvalue weighted by Gasteiger charge is 2.35. The van der Waals surface area contributed by atoms with Crippen LogP contribution < -0.4 is 9.47 Å². The first kappa shape index (κ1) is 25.4. The highest BCUT2D eigenvalue weighted by Crippen LogP contribution is 2.35. The molecular weight excluding hydrogens is 502 g/mol. The normalized spacial score (nSPS) is 14.2. The molecule has 11 nitrogen and oxygen atoms in total. The largest absolute Gasteiger partial charge is 0.493 e. The van der Waals surface area contributed by atoms with Gasteiger partial charge in [0.2, 0.25) is 0 Å². The van der Waals surface area contributed by atoms with E-state index in [0.29, 0.717) is 28.2 Å². The molecule has 0 spiro atoms. The van der Waals surface area contributed by atoms with E-state index in [1.807, 2.05) is 0 Å². The molecule has 12 heteroatoms. The zero-order valence-corrected chi connectivity index (χ0v) is 20.2. The fourth-order valence-electron chi connectivity index (χ4n) is 3.51. The molecular formula is C25H19N3O8S. The van der Waals surface area contributed by atoms with Crippen LogP contribution in [0.4, 0.5) is 16.2 Å². The average molecular weight is 522 g/mol. The summed E-state index contributed by atoms with van der Waals surface area (Å²) in [6.45, 7) is 0.0761. The summed E-state index contributed by atoms with van der Waals surface area (Å²) in [5.74, 6) is 0.306. The van der Waals surface area contributed by atoms with E-state index in [9.17, 15) is 29.8 Å². The molecule has 0 unspecified atom stereocenters. The minimum absolute atomic E-state index is 0.00620. The fourth-order valence-corrected chi connectivity index (χ4v) is 4.35. The number of non-ortho nitro benzene ring substituents is 2. The van der Waals surface area contributed by atoms with E-state index < -0.39 is 21.0 Å². The first-order chi connectivity index (χ1) is 17.7. The average Bonchev–Trinajstić information content (AvgIpc) is 3.15. The number of amides is 2. The Balaban J connectivity index is 1.46. The van der Waals surface area contributed by atoms with Gasteiger partial charge in [0.05, 0.1) is 28.4 Å². The van der Waals surface area contributed by atoms with Gasteiger partial charge in [-0.1, -0.05) is 30.3 Å². The fraction of sp³-hybridized carbons (Fsp3) is 0.120. The molecule has 188 valence electrons. The summed E-state index contributed by atoms with van der Waals surface area (Å²) in [5, 5.41) is 21.3. The molecule has 0 bridgehead atoms. The third-order valence-electron chi connectivity index (χ3n) is 5.36. The number of nitro benzene ring substituents is 2. The lowest BCUT2D eigenvalue weighted by Crippen LogP contribution is -2.27. The number of hydrogen-bond acceptors (Lipinski definition) is 9. The van der Waals surface area contributed by atoms with Crippen molar-refractivity contribution >= 4 is 40.4 Å². The third kappa shape index (κ3) is 5.93. The van der Waals surface area contributed by atoms with Gasteiger partial charge in [0.25, 0.3) is 22.5 Å². The number of carbonyl (C=O) groups excluding carboxylic acids is 2. The summed E-state index contributed by atoms with van der Waals surface area (Å²) >= 11 is 0.796. The summed E-state index contributed by atoms with van der Waals surface area (Å²) < 4.78 is 11.2. The van der Waals surface area contributed by atoms with Crippen LogP contribution in [0.2, 0.25) is 0 Å². The van der Waals surface area contributed by atoms with Crippen molar-refractivity contribution in [1.82, 2.24) is 4.90 Å². The second kappa shape index (κ2) is 10.9. The number of rotatable bonds is 9. The Kier molecular flexibility index (Phi) is 7.49. The molecule has 0 radical (unpaired) electrons. The quantitative estimate of drug-likeness (QED) is 0.207. The van der Waals surface area contributed by atoms with Crippen molar-refractivity contribution in [2.24, 2.45) is 0 Å². The topological polar surface area (TPSA) is 142 Å². The molecule has 37 heavy (non-hydrogen) atoms. The number of imide groups is 1. The second-order valence-corrected chi connectivity index (χ2v) is 8.81. The smallest absolute Gasteiger partial charge is 0.293 e. The van der Waals surface area contributed by atoms with Gasteiger partial charge in [-0.3, -0.25) is 34.7 Å². The lowest BCUT2D eigenvalue weighted by molar-refractivity contribution is -0.385. The Hall–Kier alpha value is -4.71. The zero-order chi connectivity index (χ0) is 26.5. The van der Waals surface area contributed by atoms with Gasteiger partial charge in [-0.2, -0.15) is 0 Å². The maximum Gasteiger partial charge on any atom is 0.293 e. The maximum absolute atomic E-state index is 12.9. The molecule has 3 aromatic rings. The van der Waals surface area contributed by atoms with Crippen LogP contribution >= 0.6 is 11.8 Å². The van der Waals surface area contributed by atoms with Crippen LogP contribution in [0.1, 0.15) is 16.7 Å². The van der Waals surface area contributed by atoms with Gasteiger partial charge in [0, 0.05) is 24.3 Å². The number of benzene rings is 3. The Labute approximate surface area is 214 Å². The van der Waals surface area contributed by atoms with E-state index in [0.717, 1.165) is 16.7 Å². The lowest BCUT2D eigenvalue weighted by atomic mass is 10.1. The summed E-state index contributed by atoms with van der Waals surface area (Å²) in [4.78, 5) is 47.4. The molecule has 1 heterocycles. The molecule has 4 rings (SSSR count). The number of nitro groups is 2. The molecule has 3 aromatic carbocycles. The van der Waals surface area contributed by atoms with Crippen LogP contribution in [-0.4, -0.2) is 33.0 Å². The monoisotopic (exact) mass is 521 g/mol. The minimum atomic E-state index is -0.523. The van der Waals surface area contributed by atoms with Crippen molar-refractivity contribution in [3.05, 3.63) is 109 Å². The van der Waals surface area contributed by atoms with Crippen molar-refractivity contribution in [3.63, 3.8) is 0 Å².